The Hall–Kier alpha value is -1.51. The van der Waals surface area contributed by atoms with Crippen LogP contribution in [0.3, 0.4) is 0 Å². The summed E-state index contributed by atoms with van der Waals surface area (Å²) < 4.78 is 7.12. The monoisotopic (exact) mass is 483 g/mol. The summed E-state index contributed by atoms with van der Waals surface area (Å²) in [4.78, 5) is 17.7. The van der Waals surface area contributed by atoms with Crippen LogP contribution in [0.1, 0.15) is 40.8 Å². The van der Waals surface area contributed by atoms with E-state index in [4.69, 9.17) is 4.52 Å². The van der Waals surface area contributed by atoms with Crippen molar-refractivity contribution in [3.05, 3.63) is 48.8 Å². The molecule has 0 fully saturated rings. The summed E-state index contributed by atoms with van der Waals surface area (Å²) in [6, 6.07) is 7.48. The molecule has 1 aromatic carbocycles. The number of hydrogen-bond donors (Lipinski definition) is 1. The molecular weight excluding hydrogens is 470 g/mol. The van der Waals surface area contributed by atoms with Gasteiger partial charge < -0.3 is 9.84 Å². The molecule has 3 aromatic rings. The van der Waals surface area contributed by atoms with Crippen LogP contribution in [0.4, 0.5) is 5.69 Å². The first kappa shape index (κ1) is 18.3. The van der Waals surface area contributed by atoms with E-state index in [1.807, 2.05) is 39.0 Å². The molecule has 130 valence electrons. The first-order valence-electron chi connectivity index (χ1n) is 7.56. The molecule has 3 rings (SSSR count). The molecule has 0 spiro atoms. The number of aryl methyl sites for hydroxylation is 1. The number of halogens is 2. The number of carbonyl (C=O) groups excluding carboxylic acids is 1. The molecule has 0 saturated heterocycles. The molecule has 0 aliphatic heterocycles. The van der Waals surface area contributed by atoms with Crippen molar-refractivity contribution in [1.29, 1.82) is 0 Å². The van der Waals surface area contributed by atoms with Crippen molar-refractivity contribution in [1.82, 2.24) is 10.1 Å². The summed E-state index contributed by atoms with van der Waals surface area (Å²) in [5.74, 6) is 1.02. The topological polar surface area (TPSA) is 68.0 Å². The Morgan fingerprint density at radius 3 is 2.68 bits per heavy atom. The number of hydrogen-bond acceptors (Lipinski definition) is 5. The Bertz CT molecular complexity index is 914. The first-order valence-corrected chi connectivity index (χ1v) is 9.97. The van der Waals surface area contributed by atoms with E-state index in [-0.39, 0.29) is 11.8 Å². The van der Waals surface area contributed by atoms with Gasteiger partial charge in [-0.25, -0.2) is 0 Å². The molecule has 0 atom stereocenters. The number of anilines is 1. The van der Waals surface area contributed by atoms with Crippen LogP contribution in [-0.4, -0.2) is 16.0 Å². The number of benzene rings is 1. The predicted octanol–water partition coefficient (Wildman–Crippen LogP) is 6.01. The van der Waals surface area contributed by atoms with E-state index in [0.29, 0.717) is 27.8 Å². The number of aromatic nitrogens is 2. The van der Waals surface area contributed by atoms with E-state index in [1.54, 1.807) is 6.07 Å². The Morgan fingerprint density at radius 2 is 2.08 bits per heavy atom. The van der Waals surface area contributed by atoms with Gasteiger partial charge in [0.05, 0.1) is 19.9 Å². The number of thiophene rings is 1. The van der Waals surface area contributed by atoms with Gasteiger partial charge in [0.1, 0.15) is 0 Å². The Morgan fingerprint density at radius 1 is 1.32 bits per heavy atom. The second-order valence-electron chi connectivity index (χ2n) is 5.80. The van der Waals surface area contributed by atoms with Crippen LogP contribution in [-0.2, 0) is 0 Å². The molecule has 2 aromatic heterocycles. The van der Waals surface area contributed by atoms with Crippen molar-refractivity contribution in [2.24, 2.45) is 0 Å². The maximum atomic E-state index is 12.6. The van der Waals surface area contributed by atoms with Crippen LogP contribution in [0.15, 0.2) is 37.0 Å². The average Bonchev–Trinajstić information content (AvgIpc) is 3.17. The van der Waals surface area contributed by atoms with Gasteiger partial charge in [-0.2, -0.15) is 4.98 Å². The van der Waals surface area contributed by atoms with Crippen LogP contribution in [0.2, 0.25) is 0 Å². The predicted molar refractivity (Wildman–Crippen MR) is 106 cm³/mol. The van der Waals surface area contributed by atoms with Gasteiger partial charge in [0, 0.05) is 10.4 Å². The maximum absolute atomic E-state index is 12.6. The van der Waals surface area contributed by atoms with Gasteiger partial charge >= 0.3 is 0 Å². The fourth-order valence-corrected chi connectivity index (χ4v) is 4.16. The van der Waals surface area contributed by atoms with Crippen LogP contribution < -0.4 is 5.32 Å². The van der Waals surface area contributed by atoms with Crippen LogP contribution >= 0.6 is 43.2 Å². The molecule has 0 saturated carbocycles. The lowest BCUT2D eigenvalue weighted by molar-refractivity contribution is 0.103. The summed E-state index contributed by atoms with van der Waals surface area (Å²) >= 11 is 8.18. The highest BCUT2D eigenvalue weighted by Gasteiger charge is 2.19. The summed E-state index contributed by atoms with van der Waals surface area (Å²) in [6.07, 6.45) is 0. The second-order valence-corrected chi connectivity index (χ2v) is 9.02. The summed E-state index contributed by atoms with van der Waals surface area (Å²) in [5, 5.41) is 6.98. The summed E-state index contributed by atoms with van der Waals surface area (Å²) in [6.45, 7) is 5.93. The van der Waals surface area contributed by atoms with Crippen LogP contribution in [0, 0.1) is 6.92 Å². The molecule has 5 nitrogen and oxygen atoms in total. The van der Waals surface area contributed by atoms with Crippen molar-refractivity contribution < 1.29 is 9.32 Å². The average molecular weight is 485 g/mol. The minimum atomic E-state index is -0.185. The zero-order valence-electron chi connectivity index (χ0n) is 13.8. The van der Waals surface area contributed by atoms with Crippen molar-refractivity contribution in [3.8, 4) is 11.5 Å². The molecular formula is C17H15Br2N3O2S. The number of para-hydroxylation sites is 1. The van der Waals surface area contributed by atoms with Gasteiger partial charge in [-0.1, -0.05) is 31.1 Å². The highest BCUT2D eigenvalue weighted by molar-refractivity contribution is 9.13. The van der Waals surface area contributed by atoms with E-state index < -0.39 is 0 Å². The van der Waals surface area contributed by atoms with Gasteiger partial charge in [0.25, 0.3) is 11.8 Å². The number of rotatable bonds is 4. The van der Waals surface area contributed by atoms with Crippen LogP contribution in [0.5, 0.6) is 0 Å². The van der Waals surface area contributed by atoms with E-state index in [9.17, 15) is 4.79 Å². The third kappa shape index (κ3) is 3.86. The lowest BCUT2D eigenvalue weighted by Crippen LogP contribution is -2.12. The number of carbonyl (C=O) groups is 1. The number of amides is 1. The van der Waals surface area contributed by atoms with Gasteiger partial charge in [-0.05, 0) is 56.5 Å². The molecule has 1 N–H and O–H groups in total. The molecule has 0 aliphatic carbocycles. The van der Waals surface area contributed by atoms with Crippen LogP contribution in [0.25, 0.3) is 11.5 Å². The van der Waals surface area contributed by atoms with Crippen molar-refractivity contribution in [2.75, 3.05) is 5.32 Å². The molecule has 8 heteroatoms. The SMILES string of the molecule is Cc1cccc(-c2nc(C(C)C)no2)c1NC(=O)c1cc(Br)c(Br)s1. The van der Waals surface area contributed by atoms with Gasteiger partial charge in [-0.15, -0.1) is 11.3 Å². The van der Waals surface area contributed by atoms with E-state index in [0.717, 1.165) is 13.8 Å². The smallest absolute Gasteiger partial charge is 0.265 e. The van der Waals surface area contributed by atoms with Gasteiger partial charge in [-0.3, -0.25) is 4.79 Å². The Labute approximate surface area is 166 Å². The fraction of sp³-hybridized carbons (Fsp3) is 0.235. The molecule has 0 radical (unpaired) electrons. The molecule has 0 aliphatic rings. The largest absolute Gasteiger partial charge is 0.334 e. The minimum absolute atomic E-state index is 0.168. The van der Waals surface area contributed by atoms with Gasteiger partial charge in [0.15, 0.2) is 5.82 Å². The first-order chi connectivity index (χ1) is 11.9. The van der Waals surface area contributed by atoms with Crippen molar-refractivity contribution in [3.63, 3.8) is 0 Å². The van der Waals surface area contributed by atoms with E-state index in [2.05, 4.69) is 47.3 Å². The normalized spacial score (nSPS) is 11.1. The zero-order chi connectivity index (χ0) is 18.1. The minimum Gasteiger partial charge on any atom is -0.334 e. The summed E-state index contributed by atoms with van der Waals surface area (Å²) in [7, 11) is 0. The third-order valence-electron chi connectivity index (χ3n) is 3.57. The molecule has 0 unspecified atom stereocenters. The highest BCUT2D eigenvalue weighted by Crippen LogP contribution is 2.34. The lowest BCUT2D eigenvalue weighted by atomic mass is 10.1. The third-order valence-corrected chi connectivity index (χ3v) is 6.82. The standard InChI is InChI=1S/C17H15Br2N3O2S/c1-8(2)15-21-17(24-22-15)10-6-4-5-9(3)13(10)20-16(23)12-7-11(18)14(19)25-12/h4-8H,1-3H3,(H,20,23). The fourth-order valence-electron chi connectivity index (χ4n) is 2.22. The summed E-state index contributed by atoms with van der Waals surface area (Å²) in [5.41, 5.74) is 2.30. The van der Waals surface area contributed by atoms with Crippen molar-refractivity contribution >= 4 is 54.8 Å². The van der Waals surface area contributed by atoms with Crippen molar-refractivity contribution in [2.45, 2.75) is 26.7 Å². The molecule has 1 amide bonds. The van der Waals surface area contributed by atoms with E-state index >= 15 is 0 Å². The quantitative estimate of drug-likeness (QED) is 0.492. The van der Waals surface area contributed by atoms with E-state index in [1.165, 1.54) is 11.3 Å². The lowest BCUT2D eigenvalue weighted by Gasteiger charge is -2.11. The number of nitrogens with one attached hydrogen (secondary N) is 1. The molecule has 25 heavy (non-hydrogen) atoms. The Kier molecular flexibility index (Phi) is 5.41. The Balaban J connectivity index is 1.96. The number of nitrogens with zero attached hydrogens (tertiary/aromatic N) is 2. The molecule has 0 bridgehead atoms. The zero-order valence-corrected chi connectivity index (χ0v) is 17.8. The maximum Gasteiger partial charge on any atom is 0.265 e. The van der Waals surface area contributed by atoms with Gasteiger partial charge in [0.2, 0.25) is 0 Å². The second kappa shape index (κ2) is 7.39. The molecule has 2 heterocycles. The highest BCUT2D eigenvalue weighted by atomic mass is 79.9.